The Kier molecular flexibility index (Phi) is 7.45. The second-order valence-electron chi connectivity index (χ2n) is 7.21. The summed E-state index contributed by atoms with van der Waals surface area (Å²) in [4.78, 5) is 43.2. The molecular weight excluding hydrogens is 394 g/mol. The summed E-state index contributed by atoms with van der Waals surface area (Å²) in [5.41, 5.74) is 2.98. The second kappa shape index (κ2) is 10.4. The van der Waals surface area contributed by atoms with E-state index < -0.39 is 6.61 Å². The average Bonchev–Trinajstić information content (AvgIpc) is 2.81. The van der Waals surface area contributed by atoms with E-state index in [1.54, 1.807) is 31.3 Å². The SMILES string of the molecule is CC(=O)N1CCN(c2ccc(C(=O)/C=C/c3ccc(/C=C/C(=O)CO)nc3)cc2)CC1. The highest BCUT2D eigenvalue weighted by Gasteiger charge is 2.18. The highest BCUT2D eigenvalue weighted by atomic mass is 16.3. The standard InChI is InChI=1S/C24H25N3O4/c1-18(29)26-12-14-27(15-13-26)22-8-4-20(5-9-22)24(31)11-3-19-2-6-21(25-16-19)7-10-23(30)17-28/h2-11,16,28H,12-15,17H2,1H3/b10-7+,11-3+. The molecule has 1 aromatic carbocycles. The Balaban J connectivity index is 1.57. The third-order valence-corrected chi connectivity index (χ3v) is 5.07. The summed E-state index contributed by atoms with van der Waals surface area (Å²) in [6.07, 6.45) is 7.60. The maximum atomic E-state index is 12.5. The van der Waals surface area contributed by atoms with Crippen LogP contribution < -0.4 is 4.90 Å². The molecule has 1 aromatic heterocycles. The molecule has 31 heavy (non-hydrogen) atoms. The first-order valence-corrected chi connectivity index (χ1v) is 10.1. The number of hydrogen-bond acceptors (Lipinski definition) is 6. The van der Waals surface area contributed by atoms with Crippen molar-refractivity contribution in [3.63, 3.8) is 0 Å². The highest BCUT2D eigenvalue weighted by molar-refractivity contribution is 6.07. The molecule has 0 unspecified atom stereocenters. The predicted molar refractivity (Wildman–Crippen MR) is 120 cm³/mol. The van der Waals surface area contributed by atoms with E-state index in [1.807, 2.05) is 29.2 Å². The first-order chi connectivity index (χ1) is 15.0. The zero-order valence-corrected chi connectivity index (χ0v) is 17.4. The fourth-order valence-corrected chi connectivity index (χ4v) is 3.23. The number of amides is 1. The van der Waals surface area contributed by atoms with Gasteiger partial charge >= 0.3 is 0 Å². The molecule has 7 nitrogen and oxygen atoms in total. The van der Waals surface area contributed by atoms with Crippen LogP contribution in [0.25, 0.3) is 12.2 Å². The van der Waals surface area contributed by atoms with Gasteiger partial charge in [0.1, 0.15) is 6.61 Å². The lowest BCUT2D eigenvalue weighted by atomic mass is 10.1. The molecule has 7 heteroatoms. The Bertz CT molecular complexity index is 986. The molecule has 0 radical (unpaired) electrons. The molecule has 0 bridgehead atoms. The van der Waals surface area contributed by atoms with Crippen LogP contribution in [0.4, 0.5) is 5.69 Å². The molecule has 1 saturated heterocycles. The molecule has 1 amide bonds. The number of piperazine rings is 1. The van der Waals surface area contributed by atoms with E-state index in [0.717, 1.165) is 24.3 Å². The van der Waals surface area contributed by atoms with Crippen molar-refractivity contribution >= 4 is 35.3 Å². The fraction of sp³-hybridized carbons (Fsp3) is 0.250. The van der Waals surface area contributed by atoms with Gasteiger partial charge in [0.25, 0.3) is 0 Å². The lowest BCUT2D eigenvalue weighted by Gasteiger charge is -2.35. The zero-order chi connectivity index (χ0) is 22.2. The van der Waals surface area contributed by atoms with E-state index in [2.05, 4.69) is 9.88 Å². The van der Waals surface area contributed by atoms with Gasteiger partial charge in [0.2, 0.25) is 5.91 Å². The summed E-state index contributed by atoms with van der Waals surface area (Å²) in [7, 11) is 0. The number of aliphatic hydroxyl groups is 1. The van der Waals surface area contributed by atoms with Gasteiger partial charge in [-0.1, -0.05) is 6.07 Å². The second-order valence-corrected chi connectivity index (χ2v) is 7.21. The number of rotatable bonds is 7. The molecule has 0 saturated carbocycles. The van der Waals surface area contributed by atoms with E-state index in [0.29, 0.717) is 24.3 Å². The van der Waals surface area contributed by atoms with E-state index >= 15 is 0 Å². The van der Waals surface area contributed by atoms with Crippen molar-refractivity contribution in [2.24, 2.45) is 0 Å². The Morgan fingerprint density at radius 1 is 0.968 bits per heavy atom. The minimum Gasteiger partial charge on any atom is -0.388 e. The van der Waals surface area contributed by atoms with Crippen molar-refractivity contribution < 1.29 is 19.5 Å². The maximum Gasteiger partial charge on any atom is 0.219 e. The van der Waals surface area contributed by atoms with Crippen molar-refractivity contribution in [2.45, 2.75) is 6.92 Å². The number of ketones is 2. The van der Waals surface area contributed by atoms with E-state index in [1.165, 1.54) is 18.2 Å². The van der Waals surface area contributed by atoms with Gasteiger partial charge in [-0.25, -0.2) is 0 Å². The normalized spacial score (nSPS) is 14.4. The number of aliphatic hydroxyl groups excluding tert-OH is 1. The molecule has 2 aromatic rings. The van der Waals surface area contributed by atoms with Crippen LogP contribution in [-0.2, 0) is 9.59 Å². The van der Waals surface area contributed by atoms with Crippen LogP contribution in [0.2, 0.25) is 0 Å². The molecule has 1 aliphatic heterocycles. The van der Waals surface area contributed by atoms with E-state index in [-0.39, 0.29) is 17.5 Å². The molecule has 3 rings (SSSR count). The van der Waals surface area contributed by atoms with Crippen LogP contribution in [0.3, 0.4) is 0 Å². The summed E-state index contributed by atoms with van der Waals surface area (Å²) < 4.78 is 0. The fourth-order valence-electron chi connectivity index (χ4n) is 3.23. The number of carbonyl (C=O) groups is 3. The van der Waals surface area contributed by atoms with Gasteiger partial charge in [0, 0.05) is 50.6 Å². The number of benzene rings is 1. The Morgan fingerprint density at radius 3 is 2.26 bits per heavy atom. The van der Waals surface area contributed by atoms with Gasteiger partial charge in [-0.15, -0.1) is 0 Å². The largest absolute Gasteiger partial charge is 0.388 e. The number of carbonyl (C=O) groups excluding carboxylic acids is 3. The summed E-state index contributed by atoms with van der Waals surface area (Å²) in [5.74, 6) is -0.392. The van der Waals surface area contributed by atoms with Crippen LogP contribution >= 0.6 is 0 Å². The van der Waals surface area contributed by atoms with Crippen molar-refractivity contribution in [3.8, 4) is 0 Å². The Hall–Kier alpha value is -3.58. The molecule has 160 valence electrons. The lowest BCUT2D eigenvalue weighted by Crippen LogP contribution is -2.48. The average molecular weight is 419 g/mol. The number of aromatic nitrogens is 1. The summed E-state index contributed by atoms with van der Waals surface area (Å²) in [6.45, 7) is 4.03. The third-order valence-electron chi connectivity index (χ3n) is 5.07. The van der Waals surface area contributed by atoms with Crippen molar-refractivity contribution in [3.05, 3.63) is 71.6 Å². The molecule has 0 spiro atoms. The predicted octanol–water partition coefficient (Wildman–Crippen LogP) is 2.22. The molecular formula is C24H25N3O4. The maximum absolute atomic E-state index is 12.5. The van der Waals surface area contributed by atoms with Crippen LogP contribution in [-0.4, -0.2) is 65.2 Å². The van der Waals surface area contributed by atoms with Crippen molar-refractivity contribution in [1.82, 2.24) is 9.88 Å². The number of pyridine rings is 1. The lowest BCUT2D eigenvalue weighted by molar-refractivity contribution is -0.129. The van der Waals surface area contributed by atoms with Gasteiger partial charge in [-0.3, -0.25) is 19.4 Å². The topological polar surface area (TPSA) is 90.8 Å². The quantitative estimate of drug-likeness (QED) is 0.547. The van der Waals surface area contributed by atoms with Crippen molar-refractivity contribution in [2.75, 3.05) is 37.7 Å². The summed E-state index contributed by atoms with van der Waals surface area (Å²) in [6, 6.07) is 11.0. The Labute approximate surface area is 181 Å². The zero-order valence-electron chi connectivity index (χ0n) is 17.4. The highest BCUT2D eigenvalue weighted by Crippen LogP contribution is 2.18. The number of allylic oxidation sites excluding steroid dienone is 1. The Morgan fingerprint density at radius 2 is 1.68 bits per heavy atom. The summed E-state index contributed by atoms with van der Waals surface area (Å²) >= 11 is 0. The first kappa shape index (κ1) is 22.1. The monoisotopic (exact) mass is 419 g/mol. The van der Waals surface area contributed by atoms with Gasteiger partial charge < -0.3 is 14.9 Å². The van der Waals surface area contributed by atoms with Crippen molar-refractivity contribution in [1.29, 1.82) is 0 Å². The molecule has 1 fully saturated rings. The molecule has 2 heterocycles. The van der Waals surface area contributed by atoms with Gasteiger partial charge in [-0.2, -0.15) is 0 Å². The minimum atomic E-state index is -0.531. The van der Waals surface area contributed by atoms with E-state index in [4.69, 9.17) is 5.11 Å². The number of anilines is 1. The van der Waals surface area contributed by atoms with Crippen LogP contribution in [0.5, 0.6) is 0 Å². The van der Waals surface area contributed by atoms with Gasteiger partial charge in [0.05, 0.1) is 5.69 Å². The summed E-state index contributed by atoms with van der Waals surface area (Å²) in [5, 5.41) is 8.70. The molecule has 0 atom stereocenters. The molecule has 1 aliphatic rings. The molecule has 0 aliphatic carbocycles. The van der Waals surface area contributed by atoms with E-state index in [9.17, 15) is 14.4 Å². The van der Waals surface area contributed by atoms with Gasteiger partial charge in [-0.05, 0) is 60.2 Å². The van der Waals surface area contributed by atoms with Gasteiger partial charge in [0.15, 0.2) is 11.6 Å². The number of nitrogens with zero attached hydrogens (tertiary/aromatic N) is 3. The van der Waals surface area contributed by atoms with Crippen LogP contribution in [0, 0.1) is 0 Å². The first-order valence-electron chi connectivity index (χ1n) is 10.1. The van der Waals surface area contributed by atoms with Crippen LogP contribution in [0.1, 0.15) is 28.5 Å². The minimum absolute atomic E-state index is 0.102. The smallest absolute Gasteiger partial charge is 0.219 e. The third kappa shape index (κ3) is 6.20. The number of hydrogen-bond donors (Lipinski definition) is 1. The van der Waals surface area contributed by atoms with Crippen LogP contribution in [0.15, 0.2) is 54.7 Å². The molecule has 1 N–H and O–H groups in total.